The maximum atomic E-state index is 13.1. The lowest BCUT2D eigenvalue weighted by Crippen LogP contribution is -2.61. The van der Waals surface area contributed by atoms with Crippen molar-refractivity contribution in [1.29, 1.82) is 0 Å². The molecule has 2 atom stereocenters. The first-order valence-electron chi connectivity index (χ1n) is 9.35. The van der Waals surface area contributed by atoms with Gasteiger partial charge in [-0.25, -0.2) is 4.52 Å². The van der Waals surface area contributed by atoms with Crippen LogP contribution in [0.5, 0.6) is 0 Å². The Morgan fingerprint density at radius 3 is 2.72 bits per heavy atom. The van der Waals surface area contributed by atoms with Gasteiger partial charge in [-0.2, -0.15) is 13.2 Å². The molecule has 0 saturated carbocycles. The molecule has 3 aliphatic heterocycles. The number of hydrogen-bond acceptors (Lipinski definition) is 5. The number of thiophene rings is 1. The summed E-state index contributed by atoms with van der Waals surface area (Å²) in [6, 6.07) is 9.16. The number of nitrogens with zero attached hydrogens (tertiary/aromatic N) is 3. The third-order valence-corrected chi connectivity index (χ3v) is 6.50. The zero-order valence-corrected chi connectivity index (χ0v) is 16.1. The highest BCUT2D eigenvalue weighted by Gasteiger charge is 2.36. The molecule has 6 rings (SSSR count). The van der Waals surface area contributed by atoms with Gasteiger partial charge in [-0.05, 0) is 48.6 Å². The van der Waals surface area contributed by atoms with Crippen molar-refractivity contribution < 1.29 is 18.0 Å². The highest BCUT2D eigenvalue weighted by Crippen LogP contribution is 2.39. The van der Waals surface area contributed by atoms with Crippen LogP contribution in [0.25, 0.3) is 5.52 Å². The van der Waals surface area contributed by atoms with E-state index in [0.717, 1.165) is 31.7 Å². The van der Waals surface area contributed by atoms with E-state index in [1.54, 1.807) is 12.1 Å². The number of halogens is 3. The number of hydrogen-bond donors (Lipinski definition) is 2. The van der Waals surface area contributed by atoms with Gasteiger partial charge in [0.1, 0.15) is 16.4 Å². The van der Waals surface area contributed by atoms with Crippen LogP contribution in [0.1, 0.15) is 28.2 Å². The van der Waals surface area contributed by atoms with Gasteiger partial charge in [0.15, 0.2) is 0 Å². The Morgan fingerprint density at radius 1 is 1.21 bits per heavy atom. The molecule has 0 unspecified atom stereocenters. The molecule has 2 bridgehead atoms. The molecule has 3 fully saturated rings. The topological polar surface area (TPSA) is 61.7 Å². The first-order chi connectivity index (χ1) is 13.9. The summed E-state index contributed by atoms with van der Waals surface area (Å²) in [4.78, 5) is 14.1. The summed E-state index contributed by atoms with van der Waals surface area (Å²) in [6.07, 6.45) is -2.28. The van der Waals surface area contributed by atoms with Gasteiger partial charge in [0.2, 0.25) is 0 Å². The first-order valence-corrected chi connectivity index (χ1v) is 10.2. The molecule has 1 amide bonds. The second kappa shape index (κ2) is 6.74. The lowest BCUT2D eigenvalue weighted by molar-refractivity contribution is -0.133. The van der Waals surface area contributed by atoms with Crippen molar-refractivity contribution in [2.24, 2.45) is 0 Å². The smallest absolute Gasteiger partial charge is 0.349 e. The number of anilines is 2. The standard InChI is InChI=1S/C19H18F3N5OS/c20-19(21,22)17-14(7-8-29-17)24-18(28)15-5-3-12-4-6-16(25-27(12)15)26-10-11-1-2-13(26)9-23-11/h3-8,11,13,23H,1-2,9-10H2,(H,24,28)/t11-,13-/m0/s1. The lowest BCUT2D eigenvalue weighted by Gasteiger charge is -2.46. The number of piperazine rings is 1. The summed E-state index contributed by atoms with van der Waals surface area (Å²) < 4.78 is 40.8. The summed E-state index contributed by atoms with van der Waals surface area (Å²) in [7, 11) is 0. The van der Waals surface area contributed by atoms with Crippen molar-refractivity contribution in [2.45, 2.75) is 31.1 Å². The molecule has 0 radical (unpaired) electrons. The molecule has 3 saturated heterocycles. The summed E-state index contributed by atoms with van der Waals surface area (Å²) >= 11 is 0.553. The second-order valence-electron chi connectivity index (χ2n) is 7.35. The lowest BCUT2D eigenvalue weighted by atomic mass is 9.93. The molecule has 29 heavy (non-hydrogen) atoms. The van der Waals surface area contributed by atoms with Crippen LogP contribution in [-0.4, -0.2) is 40.7 Å². The number of aromatic nitrogens is 2. The molecule has 6 nitrogen and oxygen atoms in total. The SMILES string of the molecule is O=C(Nc1ccsc1C(F)(F)F)c1ccc2ccc(N3C[C@@H]4CC[C@H]3CN4)nn12. The van der Waals surface area contributed by atoms with Crippen molar-refractivity contribution in [2.75, 3.05) is 23.3 Å². The van der Waals surface area contributed by atoms with Crippen molar-refractivity contribution in [1.82, 2.24) is 14.9 Å². The van der Waals surface area contributed by atoms with Crippen LogP contribution in [0.3, 0.4) is 0 Å². The Labute approximate surface area is 168 Å². The van der Waals surface area contributed by atoms with Crippen LogP contribution < -0.4 is 15.5 Å². The fourth-order valence-corrected chi connectivity index (χ4v) is 4.83. The third-order valence-electron chi connectivity index (χ3n) is 5.54. The van der Waals surface area contributed by atoms with Crippen molar-refractivity contribution in [3.63, 3.8) is 0 Å². The quantitative estimate of drug-likeness (QED) is 0.678. The third kappa shape index (κ3) is 3.25. The Kier molecular flexibility index (Phi) is 4.28. The van der Waals surface area contributed by atoms with Gasteiger partial charge in [0, 0.05) is 25.2 Å². The van der Waals surface area contributed by atoms with Crippen LogP contribution in [0.4, 0.5) is 24.7 Å². The summed E-state index contributed by atoms with van der Waals surface area (Å²) in [5.74, 6) is 0.144. The van der Waals surface area contributed by atoms with Gasteiger partial charge in [-0.15, -0.1) is 16.4 Å². The minimum atomic E-state index is -4.51. The monoisotopic (exact) mass is 421 g/mol. The molecular formula is C19H18F3N5OS. The van der Waals surface area contributed by atoms with Gasteiger partial charge in [0.25, 0.3) is 5.91 Å². The predicted octanol–water partition coefficient (Wildman–Crippen LogP) is 3.61. The molecule has 3 aromatic rings. The molecular weight excluding hydrogens is 403 g/mol. The molecule has 3 aromatic heterocycles. The van der Waals surface area contributed by atoms with Gasteiger partial charge in [-0.1, -0.05) is 0 Å². The molecule has 6 heterocycles. The van der Waals surface area contributed by atoms with Crippen LogP contribution >= 0.6 is 11.3 Å². The van der Waals surface area contributed by atoms with Crippen molar-refractivity contribution >= 4 is 34.3 Å². The van der Waals surface area contributed by atoms with E-state index >= 15 is 0 Å². The summed E-state index contributed by atoms with van der Waals surface area (Å²) in [5, 5.41) is 11.8. The van der Waals surface area contributed by atoms with E-state index in [9.17, 15) is 18.0 Å². The van der Waals surface area contributed by atoms with Crippen LogP contribution in [0.15, 0.2) is 35.7 Å². The van der Waals surface area contributed by atoms with Crippen molar-refractivity contribution in [3.8, 4) is 0 Å². The molecule has 0 aromatic carbocycles. The number of carbonyl (C=O) groups excluding carboxylic acids is 1. The van der Waals surface area contributed by atoms with E-state index < -0.39 is 17.0 Å². The number of carbonyl (C=O) groups is 1. The molecule has 2 N–H and O–H groups in total. The van der Waals surface area contributed by atoms with Crippen LogP contribution in [-0.2, 0) is 6.18 Å². The Bertz CT molecular complexity index is 1070. The molecule has 0 aliphatic carbocycles. The highest BCUT2D eigenvalue weighted by molar-refractivity contribution is 7.10. The normalized spacial score (nSPS) is 21.7. The summed E-state index contributed by atoms with van der Waals surface area (Å²) in [6.45, 7) is 1.76. The zero-order valence-electron chi connectivity index (χ0n) is 15.2. The summed E-state index contributed by atoms with van der Waals surface area (Å²) in [5.41, 5.74) is 0.667. The first kappa shape index (κ1) is 18.4. The molecule has 152 valence electrons. The highest BCUT2D eigenvalue weighted by atomic mass is 32.1. The van der Waals surface area contributed by atoms with Gasteiger partial charge >= 0.3 is 6.18 Å². The van der Waals surface area contributed by atoms with Gasteiger partial charge in [0.05, 0.1) is 11.2 Å². The molecule has 0 spiro atoms. The maximum Gasteiger partial charge on any atom is 0.427 e. The van der Waals surface area contributed by atoms with E-state index in [1.165, 1.54) is 16.0 Å². The van der Waals surface area contributed by atoms with Crippen molar-refractivity contribution in [3.05, 3.63) is 46.3 Å². The van der Waals surface area contributed by atoms with E-state index in [2.05, 4.69) is 20.6 Å². The minimum Gasteiger partial charge on any atom is -0.349 e. The number of alkyl halides is 3. The Balaban J connectivity index is 1.45. The Hall–Kier alpha value is -2.59. The minimum absolute atomic E-state index is 0.196. The fourth-order valence-electron chi connectivity index (χ4n) is 4.11. The predicted molar refractivity (Wildman–Crippen MR) is 105 cm³/mol. The van der Waals surface area contributed by atoms with Crippen LogP contribution in [0, 0.1) is 0 Å². The molecule has 3 aliphatic rings. The van der Waals surface area contributed by atoms with Gasteiger partial charge in [-0.3, -0.25) is 4.79 Å². The maximum absolute atomic E-state index is 13.1. The number of fused-ring (bicyclic) bond motifs is 4. The number of piperidine rings is 2. The van der Waals surface area contributed by atoms with E-state index in [1.807, 2.05) is 12.1 Å². The number of amides is 1. The average Bonchev–Trinajstić information content (AvgIpc) is 3.35. The average molecular weight is 421 g/mol. The Morgan fingerprint density at radius 2 is 2.03 bits per heavy atom. The van der Waals surface area contributed by atoms with E-state index in [0.29, 0.717) is 28.9 Å². The fraction of sp³-hybridized carbons (Fsp3) is 0.368. The van der Waals surface area contributed by atoms with Gasteiger partial charge < -0.3 is 15.5 Å². The van der Waals surface area contributed by atoms with Crippen LogP contribution in [0.2, 0.25) is 0 Å². The molecule has 10 heteroatoms. The van der Waals surface area contributed by atoms with E-state index in [-0.39, 0.29) is 11.4 Å². The second-order valence-corrected chi connectivity index (χ2v) is 8.27. The number of nitrogens with one attached hydrogen (secondary N) is 2. The van der Waals surface area contributed by atoms with E-state index in [4.69, 9.17) is 0 Å². The number of rotatable bonds is 3. The largest absolute Gasteiger partial charge is 0.427 e. The zero-order chi connectivity index (χ0) is 20.2.